The van der Waals surface area contributed by atoms with Crippen molar-refractivity contribution in [2.24, 2.45) is 0 Å². The summed E-state index contributed by atoms with van der Waals surface area (Å²) in [5.74, 6) is -0.0572. The third kappa shape index (κ3) is 2.47. The fraction of sp³-hybridized carbons (Fsp3) is 0.231. The predicted octanol–water partition coefficient (Wildman–Crippen LogP) is 1.44. The lowest BCUT2D eigenvalue weighted by Gasteiger charge is -2.10. The third-order valence-corrected chi connectivity index (χ3v) is 2.84. The Bertz CT molecular complexity index is 853. The average molecular weight is 288 g/mol. The maximum absolute atomic E-state index is 13.7. The molecule has 0 aliphatic rings. The molecule has 3 aromatic rings. The normalized spacial score (nSPS) is 11.2. The largest absolute Gasteiger partial charge is 0.365 e. The molecular formula is C13H13FN6O. The fourth-order valence-electron chi connectivity index (χ4n) is 1.92. The molecule has 0 unspecified atom stereocenters. The van der Waals surface area contributed by atoms with Crippen LogP contribution in [0.4, 0.5) is 10.2 Å². The molecule has 3 aromatic heterocycles. The van der Waals surface area contributed by atoms with Crippen LogP contribution in [0.15, 0.2) is 29.3 Å². The monoisotopic (exact) mass is 288 g/mol. The molecule has 0 spiro atoms. The first-order valence-corrected chi connectivity index (χ1v) is 6.41. The summed E-state index contributed by atoms with van der Waals surface area (Å²) in [5.41, 5.74) is 0.735. The SMILES string of the molecule is CC(C)Nc1nc(-c2ccc3n[nH]c(=O)n3c2)ncc1F. The van der Waals surface area contributed by atoms with Crippen LogP contribution in [-0.2, 0) is 0 Å². The van der Waals surface area contributed by atoms with Crippen LogP contribution in [0.1, 0.15) is 13.8 Å². The summed E-state index contributed by atoms with van der Waals surface area (Å²) in [6.45, 7) is 3.77. The second-order valence-electron chi connectivity index (χ2n) is 4.86. The van der Waals surface area contributed by atoms with Crippen molar-refractivity contribution in [1.82, 2.24) is 24.6 Å². The first-order chi connectivity index (χ1) is 10.0. The summed E-state index contributed by atoms with van der Waals surface area (Å²) in [6.07, 6.45) is 2.67. The maximum atomic E-state index is 13.7. The Labute approximate surface area is 118 Å². The number of nitrogens with one attached hydrogen (secondary N) is 2. The number of aromatic nitrogens is 5. The molecule has 0 aromatic carbocycles. The number of pyridine rings is 1. The molecule has 0 atom stereocenters. The molecule has 8 heteroatoms. The predicted molar refractivity (Wildman–Crippen MR) is 75.6 cm³/mol. The van der Waals surface area contributed by atoms with Crippen molar-refractivity contribution >= 4 is 11.5 Å². The number of hydrogen-bond acceptors (Lipinski definition) is 5. The number of H-pyrrole nitrogens is 1. The van der Waals surface area contributed by atoms with E-state index in [4.69, 9.17) is 0 Å². The smallest absolute Gasteiger partial charge is 0.347 e. The quantitative estimate of drug-likeness (QED) is 0.761. The molecule has 7 nitrogen and oxygen atoms in total. The van der Waals surface area contributed by atoms with Crippen LogP contribution in [0.3, 0.4) is 0 Å². The number of nitrogens with zero attached hydrogens (tertiary/aromatic N) is 4. The third-order valence-electron chi connectivity index (χ3n) is 2.84. The molecule has 0 fully saturated rings. The van der Waals surface area contributed by atoms with E-state index in [0.29, 0.717) is 17.0 Å². The van der Waals surface area contributed by atoms with E-state index in [1.165, 1.54) is 4.40 Å². The van der Waals surface area contributed by atoms with Gasteiger partial charge >= 0.3 is 5.69 Å². The van der Waals surface area contributed by atoms with Crippen LogP contribution in [0.5, 0.6) is 0 Å². The zero-order chi connectivity index (χ0) is 15.0. The number of hydrogen-bond donors (Lipinski definition) is 2. The lowest BCUT2D eigenvalue weighted by molar-refractivity contribution is 0.615. The van der Waals surface area contributed by atoms with Gasteiger partial charge in [-0.3, -0.25) is 0 Å². The van der Waals surface area contributed by atoms with Crippen molar-refractivity contribution in [1.29, 1.82) is 0 Å². The van der Waals surface area contributed by atoms with E-state index in [1.807, 2.05) is 13.8 Å². The summed E-state index contributed by atoms with van der Waals surface area (Å²) in [7, 11) is 0. The highest BCUT2D eigenvalue weighted by Crippen LogP contribution is 2.19. The minimum absolute atomic E-state index is 0.0428. The Hall–Kier alpha value is -2.77. The summed E-state index contributed by atoms with van der Waals surface area (Å²) >= 11 is 0. The molecular weight excluding hydrogens is 275 g/mol. The zero-order valence-corrected chi connectivity index (χ0v) is 11.5. The molecule has 0 bridgehead atoms. The Balaban J connectivity index is 2.09. The second kappa shape index (κ2) is 4.97. The molecule has 0 aliphatic carbocycles. The van der Waals surface area contributed by atoms with Crippen LogP contribution in [0, 0.1) is 5.82 Å². The van der Waals surface area contributed by atoms with Gasteiger partial charge in [-0.25, -0.2) is 28.7 Å². The Morgan fingerprint density at radius 2 is 2.19 bits per heavy atom. The molecule has 0 amide bonds. The van der Waals surface area contributed by atoms with Crippen LogP contribution in [0.25, 0.3) is 17.0 Å². The van der Waals surface area contributed by atoms with Crippen molar-refractivity contribution < 1.29 is 4.39 Å². The minimum Gasteiger partial charge on any atom is -0.365 e. The first kappa shape index (κ1) is 13.2. The Morgan fingerprint density at radius 3 is 2.95 bits per heavy atom. The van der Waals surface area contributed by atoms with E-state index in [-0.39, 0.29) is 17.5 Å². The lowest BCUT2D eigenvalue weighted by atomic mass is 10.2. The number of anilines is 1. The number of rotatable bonds is 3. The van der Waals surface area contributed by atoms with Crippen molar-refractivity contribution in [2.75, 3.05) is 5.32 Å². The summed E-state index contributed by atoms with van der Waals surface area (Å²) in [5, 5.41) is 9.10. The van der Waals surface area contributed by atoms with Gasteiger partial charge in [0.1, 0.15) is 0 Å². The van der Waals surface area contributed by atoms with E-state index < -0.39 is 5.82 Å². The van der Waals surface area contributed by atoms with Gasteiger partial charge in [0.2, 0.25) is 0 Å². The number of halogens is 1. The van der Waals surface area contributed by atoms with Gasteiger partial charge in [0, 0.05) is 17.8 Å². The molecule has 2 N–H and O–H groups in total. The van der Waals surface area contributed by atoms with Gasteiger partial charge in [-0.1, -0.05) is 0 Å². The van der Waals surface area contributed by atoms with Gasteiger partial charge in [-0.2, -0.15) is 5.10 Å². The van der Waals surface area contributed by atoms with Gasteiger partial charge in [-0.05, 0) is 26.0 Å². The van der Waals surface area contributed by atoms with Crippen LogP contribution in [-0.4, -0.2) is 30.6 Å². The molecule has 0 saturated heterocycles. The fourth-order valence-corrected chi connectivity index (χ4v) is 1.92. The first-order valence-electron chi connectivity index (χ1n) is 6.41. The molecule has 3 rings (SSSR count). The topological polar surface area (TPSA) is 88.0 Å². The van der Waals surface area contributed by atoms with Gasteiger partial charge in [0.25, 0.3) is 0 Å². The van der Waals surface area contributed by atoms with Crippen molar-refractivity contribution in [2.45, 2.75) is 19.9 Å². The van der Waals surface area contributed by atoms with Crippen molar-refractivity contribution in [3.63, 3.8) is 0 Å². The van der Waals surface area contributed by atoms with Gasteiger partial charge in [0.05, 0.1) is 6.20 Å². The molecule has 3 heterocycles. The van der Waals surface area contributed by atoms with E-state index >= 15 is 0 Å². The van der Waals surface area contributed by atoms with Gasteiger partial charge in [-0.15, -0.1) is 0 Å². The second-order valence-corrected chi connectivity index (χ2v) is 4.86. The van der Waals surface area contributed by atoms with Gasteiger partial charge < -0.3 is 5.32 Å². The van der Waals surface area contributed by atoms with Gasteiger partial charge in [0.15, 0.2) is 23.1 Å². The van der Waals surface area contributed by atoms with E-state index in [9.17, 15) is 9.18 Å². The molecule has 108 valence electrons. The average Bonchev–Trinajstić information content (AvgIpc) is 2.82. The lowest BCUT2D eigenvalue weighted by Crippen LogP contribution is -2.13. The van der Waals surface area contributed by atoms with Crippen molar-refractivity contribution in [3.05, 3.63) is 40.8 Å². The number of aromatic amines is 1. The maximum Gasteiger partial charge on any atom is 0.347 e. The molecule has 0 saturated carbocycles. The van der Waals surface area contributed by atoms with E-state index in [2.05, 4.69) is 25.5 Å². The molecule has 0 radical (unpaired) electrons. The summed E-state index contributed by atoms with van der Waals surface area (Å²) in [6, 6.07) is 3.43. The summed E-state index contributed by atoms with van der Waals surface area (Å²) < 4.78 is 15.0. The van der Waals surface area contributed by atoms with E-state index in [0.717, 1.165) is 6.20 Å². The highest BCUT2D eigenvalue weighted by molar-refractivity contribution is 5.59. The standard InChI is InChI=1S/C13H13FN6O/c1-7(2)16-12-9(14)5-15-11(17-12)8-3-4-10-18-19-13(21)20(10)6-8/h3-7H,1-2H3,(H,19,21)(H,15,16,17). The highest BCUT2D eigenvalue weighted by atomic mass is 19.1. The van der Waals surface area contributed by atoms with E-state index in [1.54, 1.807) is 18.3 Å². The molecule has 21 heavy (non-hydrogen) atoms. The Morgan fingerprint density at radius 1 is 1.38 bits per heavy atom. The Kier molecular flexibility index (Phi) is 3.13. The van der Waals surface area contributed by atoms with Crippen LogP contribution >= 0.6 is 0 Å². The zero-order valence-electron chi connectivity index (χ0n) is 11.5. The highest BCUT2D eigenvalue weighted by Gasteiger charge is 2.11. The molecule has 0 aliphatic heterocycles. The minimum atomic E-state index is -0.519. The van der Waals surface area contributed by atoms with Crippen LogP contribution in [0.2, 0.25) is 0 Å². The number of fused-ring (bicyclic) bond motifs is 1. The summed E-state index contributed by atoms with van der Waals surface area (Å²) in [4.78, 5) is 19.7. The van der Waals surface area contributed by atoms with Crippen molar-refractivity contribution in [3.8, 4) is 11.4 Å². The van der Waals surface area contributed by atoms with Crippen LogP contribution < -0.4 is 11.0 Å².